The van der Waals surface area contributed by atoms with Crippen LogP contribution in [0, 0.1) is 11.7 Å². The van der Waals surface area contributed by atoms with Gasteiger partial charge in [-0.2, -0.15) is 4.98 Å². The Kier molecular flexibility index (Phi) is 7.99. The molecular weight excluding hydrogens is 511 g/mol. The molecule has 1 aromatic heterocycles. The highest BCUT2D eigenvalue weighted by Crippen LogP contribution is 2.31. The van der Waals surface area contributed by atoms with Gasteiger partial charge in [0.15, 0.2) is 11.5 Å². The van der Waals surface area contributed by atoms with E-state index in [0.717, 1.165) is 61.9 Å². The third-order valence-corrected chi connectivity index (χ3v) is 7.74. The summed E-state index contributed by atoms with van der Waals surface area (Å²) < 4.78 is 30.5. The van der Waals surface area contributed by atoms with Gasteiger partial charge in [-0.3, -0.25) is 4.79 Å². The fraction of sp³-hybridized carbons (Fsp3) is 0.419. The lowest BCUT2D eigenvalue weighted by Crippen LogP contribution is -2.46. The number of amides is 1. The standard InChI is InChI=1S/C31H35FN4O4/c32-24-7-9-26(10-8-24)40-30-5-3-4-29(34-30)36-15-12-23(20-36)31(37)33-25(21-35-13-1-2-14-35)18-22-6-11-27-28(19-22)39-17-16-38-27/h3-11,19,23,25H,1-2,12-18,20-21H2,(H,33,37)/t23-,25?/m1/s1. The summed E-state index contributed by atoms with van der Waals surface area (Å²) in [5, 5.41) is 3.38. The molecule has 3 aliphatic heterocycles. The van der Waals surface area contributed by atoms with E-state index in [1.54, 1.807) is 18.2 Å². The maximum absolute atomic E-state index is 13.5. The number of aromatic nitrogens is 1. The molecular formula is C31H35FN4O4. The molecule has 3 aliphatic rings. The van der Waals surface area contributed by atoms with Crippen LogP contribution in [-0.2, 0) is 11.2 Å². The first-order valence-electron chi connectivity index (χ1n) is 14.2. The van der Waals surface area contributed by atoms with Crippen molar-refractivity contribution >= 4 is 11.7 Å². The number of anilines is 1. The van der Waals surface area contributed by atoms with Crippen LogP contribution in [0.2, 0.25) is 0 Å². The van der Waals surface area contributed by atoms with Crippen LogP contribution >= 0.6 is 0 Å². The number of nitrogens with one attached hydrogen (secondary N) is 1. The highest BCUT2D eigenvalue weighted by molar-refractivity contribution is 5.80. The lowest BCUT2D eigenvalue weighted by molar-refractivity contribution is -0.125. The lowest BCUT2D eigenvalue weighted by atomic mass is 10.0. The van der Waals surface area contributed by atoms with E-state index in [1.807, 2.05) is 24.3 Å². The van der Waals surface area contributed by atoms with Gasteiger partial charge < -0.3 is 29.3 Å². The number of carbonyl (C=O) groups is 1. The molecule has 0 bridgehead atoms. The topological polar surface area (TPSA) is 76.2 Å². The molecule has 2 atom stereocenters. The number of hydrogen-bond acceptors (Lipinski definition) is 7. The predicted molar refractivity (Wildman–Crippen MR) is 150 cm³/mol. The van der Waals surface area contributed by atoms with E-state index in [4.69, 9.17) is 14.2 Å². The van der Waals surface area contributed by atoms with Gasteiger partial charge in [0.25, 0.3) is 0 Å². The first-order valence-corrected chi connectivity index (χ1v) is 14.2. The molecule has 0 radical (unpaired) electrons. The van der Waals surface area contributed by atoms with Crippen LogP contribution in [0.15, 0.2) is 60.7 Å². The van der Waals surface area contributed by atoms with E-state index >= 15 is 0 Å². The third kappa shape index (κ3) is 6.47. The Hall–Kier alpha value is -3.85. The minimum Gasteiger partial charge on any atom is -0.486 e. The van der Waals surface area contributed by atoms with Gasteiger partial charge in [0.1, 0.15) is 30.6 Å². The molecule has 1 amide bonds. The van der Waals surface area contributed by atoms with Crippen molar-refractivity contribution in [1.82, 2.24) is 15.2 Å². The molecule has 1 unspecified atom stereocenters. The largest absolute Gasteiger partial charge is 0.486 e. The van der Waals surface area contributed by atoms with Crippen LogP contribution in [0.5, 0.6) is 23.1 Å². The van der Waals surface area contributed by atoms with Crippen molar-refractivity contribution in [1.29, 1.82) is 0 Å². The van der Waals surface area contributed by atoms with Crippen LogP contribution < -0.4 is 24.4 Å². The fourth-order valence-corrected chi connectivity index (χ4v) is 5.70. The number of ether oxygens (including phenoxy) is 3. The molecule has 40 heavy (non-hydrogen) atoms. The summed E-state index contributed by atoms with van der Waals surface area (Å²) in [5.41, 5.74) is 1.13. The van der Waals surface area contributed by atoms with E-state index in [0.29, 0.717) is 31.4 Å². The smallest absolute Gasteiger partial charge is 0.225 e. The van der Waals surface area contributed by atoms with Gasteiger partial charge in [0.2, 0.25) is 11.8 Å². The second-order valence-corrected chi connectivity index (χ2v) is 10.7. The quantitative estimate of drug-likeness (QED) is 0.426. The Morgan fingerprint density at radius 1 is 1.02 bits per heavy atom. The molecule has 3 aromatic rings. The minimum atomic E-state index is -0.315. The summed E-state index contributed by atoms with van der Waals surface area (Å²) in [6, 6.07) is 17.5. The van der Waals surface area contributed by atoms with Gasteiger partial charge in [-0.05, 0) is 86.8 Å². The van der Waals surface area contributed by atoms with E-state index < -0.39 is 0 Å². The second-order valence-electron chi connectivity index (χ2n) is 10.7. The molecule has 2 aromatic carbocycles. The number of halogens is 1. The maximum atomic E-state index is 13.5. The zero-order valence-corrected chi connectivity index (χ0v) is 22.6. The summed E-state index contributed by atoms with van der Waals surface area (Å²) in [6.07, 6.45) is 3.91. The molecule has 0 aliphatic carbocycles. The zero-order chi connectivity index (χ0) is 27.3. The number of nitrogens with zero attached hydrogens (tertiary/aromatic N) is 3. The molecule has 6 rings (SSSR count). The molecule has 2 fully saturated rings. The molecule has 0 saturated carbocycles. The SMILES string of the molecule is O=C(NC(Cc1ccc2c(c1)OCCO2)CN1CCCC1)[C@@H]1CCN(c2cccc(Oc3ccc(F)cc3)n2)C1. The average molecular weight is 547 g/mol. The first kappa shape index (κ1) is 26.4. The molecule has 2 saturated heterocycles. The molecule has 9 heteroatoms. The number of likely N-dealkylation sites (tertiary alicyclic amines) is 1. The van der Waals surface area contributed by atoms with Gasteiger partial charge in [-0.1, -0.05) is 12.1 Å². The van der Waals surface area contributed by atoms with Crippen molar-refractivity contribution in [3.63, 3.8) is 0 Å². The highest BCUT2D eigenvalue weighted by Gasteiger charge is 2.31. The van der Waals surface area contributed by atoms with Gasteiger partial charge in [-0.15, -0.1) is 0 Å². The number of fused-ring (bicyclic) bond motifs is 1. The predicted octanol–water partition coefficient (Wildman–Crippen LogP) is 4.43. The summed E-state index contributed by atoms with van der Waals surface area (Å²) in [7, 11) is 0. The van der Waals surface area contributed by atoms with E-state index in [2.05, 4.69) is 26.2 Å². The molecule has 0 spiro atoms. The number of benzene rings is 2. The number of rotatable bonds is 9. The lowest BCUT2D eigenvalue weighted by Gasteiger charge is -2.26. The van der Waals surface area contributed by atoms with Crippen molar-refractivity contribution in [2.24, 2.45) is 5.92 Å². The van der Waals surface area contributed by atoms with E-state index in [1.165, 1.54) is 25.0 Å². The zero-order valence-electron chi connectivity index (χ0n) is 22.6. The molecule has 1 N–H and O–H groups in total. The average Bonchev–Trinajstić information content (AvgIpc) is 3.67. The van der Waals surface area contributed by atoms with Crippen molar-refractivity contribution in [2.75, 3.05) is 50.8 Å². The molecule has 210 valence electrons. The summed E-state index contributed by atoms with van der Waals surface area (Å²) in [6.45, 7) is 5.45. The Morgan fingerprint density at radius 2 is 1.82 bits per heavy atom. The Bertz CT molecular complexity index is 1310. The maximum Gasteiger partial charge on any atom is 0.225 e. The minimum absolute atomic E-state index is 0.00720. The summed E-state index contributed by atoms with van der Waals surface area (Å²) >= 11 is 0. The van der Waals surface area contributed by atoms with Crippen molar-refractivity contribution in [3.8, 4) is 23.1 Å². The number of pyridine rings is 1. The van der Waals surface area contributed by atoms with Crippen molar-refractivity contribution in [3.05, 3.63) is 72.0 Å². The van der Waals surface area contributed by atoms with Gasteiger partial charge in [-0.25, -0.2) is 4.39 Å². The third-order valence-electron chi connectivity index (χ3n) is 7.74. The monoisotopic (exact) mass is 546 g/mol. The van der Waals surface area contributed by atoms with Crippen molar-refractivity contribution in [2.45, 2.75) is 31.7 Å². The van der Waals surface area contributed by atoms with Gasteiger partial charge >= 0.3 is 0 Å². The van der Waals surface area contributed by atoms with Crippen LogP contribution in [0.4, 0.5) is 10.2 Å². The van der Waals surface area contributed by atoms with Gasteiger partial charge in [0, 0.05) is 31.7 Å². The second kappa shape index (κ2) is 12.1. The Labute approximate surface area is 234 Å². The van der Waals surface area contributed by atoms with E-state index in [-0.39, 0.29) is 23.7 Å². The summed E-state index contributed by atoms with van der Waals surface area (Å²) in [4.78, 5) is 22.7. The van der Waals surface area contributed by atoms with E-state index in [9.17, 15) is 9.18 Å². The molecule has 4 heterocycles. The van der Waals surface area contributed by atoms with Crippen LogP contribution in [-0.4, -0.2) is 67.8 Å². The van der Waals surface area contributed by atoms with Crippen LogP contribution in [0.3, 0.4) is 0 Å². The number of hydrogen-bond donors (Lipinski definition) is 1. The summed E-state index contributed by atoms with van der Waals surface area (Å²) in [5.74, 6) is 2.92. The number of carbonyl (C=O) groups excluding carboxylic acids is 1. The van der Waals surface area contributed by atoms with Crippen LogP contribution in [0.25, 0.3) is 0 Å². The fourth-order valence-electron chi connectivity index (χ4n) is 5.70. The molecule has 8 nitrogen and oxygen atoms in total. The van der Waals surface area contributed by atoms with Crippen molar-refractivity contribution < 1.29 is 23.4 Å². The highest BCUT2D eigenvalue weighted by atomic mass is 19.1. The van der Waals surface area contributed by atoms with Gasteiger partial charge in [0.05, 0.1) is 5.92 Å². The Morgan fingerprint density at radius 3 is 2.65 bits per heavy atom. The normalized spacial score (nSPS) is 19.4. The van der Waals surface area contributed by atoms with Crippen LogP contribution in [0.1, 0.15) is 24.8 Å². The first-order chi connectivity index (χ1) is 19.6. The Balaban J connectivity index is 1.09.